The van der Waals surface area contributed by atoms with Crippen molar-refractivity contribution in [2.24, 2.45) is 0 Å². The van der Waals surface area contributed by atoms with Gasteiger partial charge in [-0.05, 0) is 66.9 Å². The SMILES string of the molecule is CN(C1CCCCC1)S(=O)(=O)c1ccc(C(=O)N(Cc2cccnc2)c2nc3ccc(Cl)cc3s2)cc1. The van der Waals surface area contributed by atoms with Crippen LogP contribution in [0.4, 0.5) is 5.13 Å². The average Bonchev–Trinajstić information content (AvgIpc) is 3.35. The zero-order chi connectivity index (χ0) is 26.0. The van der Waals surface area contributed by atoms with Crippen LogP contribution in [0.3, 0.4) is 0 Å². The number of pyridine rings is 1. The van der Waals surface area contributed by atoms with Crippen LogP contribution in [0, 0.1) is 0 Å². The Labute approximate surface area is 225 Å². The number of thiazole rings is 1. The number of carbonyl (C=O) groups is 1. The third-order valence-electron chi connectivity index (χ3n) is 6.75. The van der Waals surface area contributed by atoms with Gasteiger partial charge in [-0.1, -0.05) is 48.3 Å². The van der Waals surface area contributed by atoms with Gasteiger partial charge >= 0.3 is 0 Å². The van der Waals surface area contributed by atoms with Gasteiger partial charge in [0.05, 0.1) is 21.7 Å². The minimum Gasteiger partial charge on any atom is -0.279 e. The van der Waals surface area contributed by atoms with E-state index in [0.717, 1.165) is 47.9 Å². The summed E-state index contributed by atoms with van der Waals surface area (Å²) in [5.41, 5.74) is 1.97. The van der Waals surface area contributed by atoms with Crippen LogP contribution in [-0.4, -0.2) is 41.7 Å². The second-order valence-electron chi connectivity index (χ2n) is 9.20. The van der Waals surface area contributed by atoms with Gasteiger partial charge in [-0.3, -0.25) is 14.7 Å². The van der Waals surface area contributed by atoms with Gasteiger partial charge in [0.1, 0.15) is 0 Å². The first-order chi connectivity index (χ1) is 17.8. The number of nitrogens with zero attached hydrogens (tertiary/aromatic N) is 4. The van der Waals surface area contributed by atoms with Crippen LogP contribution in [0.5, 0.6) is 0 Å². The molecule has 5 rings (SSSR count). The van der Waals surface area contributed by atoms with Crippen LogP contribution in [0.15, 0.2) is 71.9 Å². The summed E-state index contributed by atoms with van der Waals surface area (Å²) in [4.78, 5) is 24.3. The zero-order valence-electron chi connectivity index (χ0n) is 20.4. The molecule has 0 unspecified atom stereocenters. The molecular weight excluding hydrogens is 528 g/mol. The molecule has 192 valence electrons. The van der Waals surface area contributed by atoms with E-state index in [1.165, 1.54) is 27.8 Å². The fourth-order valence-corrected chi connectivity index (χ4v) is 7.29. The lowest BCUT2D eigenvalue weighted by molar-refractivity contribution is 0.0985. The Hall–Kier alpha value is -2.85. The Morgan fingerprint density at radius 3 is 2.54 bits per heavy atom. The van der Waals surface area contributed by atoms with Gasteiger partial charge in [0.25, 0.3) is 5.91 Å². The highest BCUT2D eigenvalue weighted by Crippen LogP contribution is 2.33. The lowest BCUT2D eigenvalue weighted by Crippen LogP contribution is -2.38. The maximum Gasteiger partial charge on any atom is 0.260 e. The monoisotopic (exact) mass is 554 g/mol. The van der Waals surface area contributed by atoms with E-state index in [0.29, 0.717) is 15.7 Å². The Morgan fingerprint density at radius 1 is 1.08 bits per heavy atom. The van der Waals surface area contributed by atoms with Crippen molar-refractivity contribution in [1.82, 2.24) is 14.3 Å². The molecule has 2 aromatic heterocycles. The summed E-state index contributed by atoms with van der Waals surface area (Å²) in [7, 11) is -1.99. The lowest BCUT2D eigenvalue weighted by atomic mass is 9.96. The number of hydrogen-bond donors (Lipinski definition) is 0. The van der Waals surface area contributed by atoms with Crippen molar-refractivity contribution in [3.63, 3.8) is 0 Å². The fraction of sp³-hybridized carbons (Fsp3) is 0.296. The number of fused-ring (bicyclic) bond motifs is 1. The molecule has 7 nitrogen and oxygen atoms in total. The molecule has 0 bridgehead atoms. The summed E-state index contributed by atoms with van der Waals surface area (Å²) in [6, 6.07) is 15.3. The smallest absolute Gasteiger partial charge is 0.260 e. The van der Waals surface area contributed by atoms with Gasteiger partial charge in [-0.2, -0.15) is 4.31 Å². The Balaban J connectivity index is 1.44. The maximum atomic E-state index is 13.7. The highest BCUT2D eigenvalue weighted by Gasteiger charge is 2.29. The van der Waals surface area contributed by atoms with Crippen molar-refractivity contribution in [2.45, 2.75) is 49.6 Å². The van der Waals surface area contributed by atoms with Crippen LogP contribution >= 0.6 is 22.9 Å². The van der Waals surface area contributed by atoms with E-state index >= 15 is 0 Å². The van der Waals surface area contributed by atoms with Crippen LogP contribution in [-0.2, 0) is 16.6 Å². The summed E-state index contributed by atoms with van der Waals surface area (Å²) in [5.74, 6) is -0.279. The minimum absolute atomic E-state index is 0.0163. The standard InChI is InChI=1S/C27H27ClN4O3S2/c1-31(22-7-3-2-4-8-22)37(34,35)23-12-9-20(10-13-23)26(33)32(18-19-6-5-15-29-17-19)27-30-24-14-11-21(28)16-25(24)36-27/h5-6,9-17,22H,2-4,7-8,18H2,1H3. The van der Waals surface area contributed by atoms with E-state index in [9.17, 15) is 13.2 Å². The predicted molar refractivity (Wildman–Crippen MR) is 148 cm³/mol. The molecule has 10 heteroatoms. The third-order valence-corrected chi connectivity index (χ3v) is 9.95. The molecule has 2 heterocycles. The van der Waals surface area contributed by atoms with Crippen molar-refractivity contribution in [3.05, 3.63) is 83.1 Å². The summed E-state index contributed by atoms with van der Waals surface area (Å²) in [6.45, 7) is 0.269. The molecule has 1 aliphatic rings. The molecule has 0 radical (unpaired) electrons. The van der Waals surface area contributed by atoms with Gasteiger partial charge in [-0.15, -0.1) is 0 Å². The summed E-state index contributed by atoms with van der Waals surface area (Å²) >= 11 is 7.53. The zero-order valence-corrected chi connectivity index (χ0v) is 22.8. The van der Waals surface area contributed by atoms with Crippen molar-refractivity contribution in [2.75, 3.05) is 11.9 Å². The molecule has 4 aromatic rings. The molecular formula is C27H27ClN4O3S2. The average molecular weight is 555 g/mol. The van der Waals surface area contributed by atoms with Crippen molar-refractivity contribution >= 4 is 54.2 Å². The highest BCUT2D eigenvalue weighted by molar-refractivity contribution is 7.89. The largest absolute Gasteiger partial charge is 0.279 e. The molecule has 1 aliphatic carbocycles. The third kappa shape index (κ3) is 5.55. The first kappa shape index (κ1) is 25.8. The highest BCUT2D eigenvalue weighted by atomic mass is 35.5. The van der Waals surface area contributed by atoms with Crippen LogP contribution < -0.4 is 4.90 Å². The number of rotatable bonds is 7. The first-order valence-corrected chi connectivity index (χ1v) is 14.8. The Morgan fingerprint density at radius 2 is 1.84 bits per heavy atom. The van der Waals surface area contributed by atoms with Crippen molar-refractivity contribution in [3.8, 4) is 0 Å². The number of anilines is 1. The van der Waals surface area contributed by atoms with Crippen LogP contribution in [0.1, 0.15) is 48.0 Å². The van der Waals surface area contributed by atoms with Gasteiger partial charge in [0.2, 0.25) is 10.0 Å². The van der Waals surface area contributed by atoms with E-state index in [4.69, 9.17) is 11.6 Å². The Bertz CT molecular complexity index is 1500. The molecule has 0 spiro atoms. The van der Waals surface area contributed by atoms with E-state index in [2.05, 4.69) is 9.97 Å². The predicted octanol–water partition coefficient (Wildman–Crippen LogP) is 6.14. The number of amides is 1. The molecule has 37 heavy (non-hydrogen) atoms. The molecule has 2 aromatic carbocycles. The second kappa shape index (κ2) is 10.9. The number of sulfonamides is 1. The number of hydrogen-bond acceptors (Lipinski definition) is 6. The number of carbonyl (C=O) groups excluding carboxylic acids is 1. The van der Waals surface area contributed by atoms with Gasteiger partial charge in [-0.25, -0.2) is 13.4 Å². The van der Waals surface area contributed by atoms with Gasteiger partial charge in [0, 0.05) is 36.1 Å². The molecule has 0 aliphatic heterocycles. The second-order valence-corrected chi connectivity index (χ2v) is 12.6. The topological polar surface area (TPSA) is 83.5 Å². The fourth-order valence-electron chi connectivity index (χ4n) is 4.63. The van der Waals surface area contributed by atoms with E-state index in [-0.39, 0.29) is 23.4 Å². The Kier molecular flexibility index (Phi) is 7.57. The van der Waals surface area contributed by atoms with Gasteiger partial charge < -0.3 is 0 Å². The molecule has 0 atom stereocenters. The van der Waals surface area contributed by atoms with Crippen molar-refractivity contribution < 1.29 is 13.2 Å². The summed E-state index contributed by atoms with van der Waals surface area (Å²) in [6.07, 6.45) is 8.38. The summed E-state index contributed by atoms with van der Waals surface area (Å²) < 4.78 is 28.8. The molecule has 1 fully saturated rings. The normalized spacial score (nSPS) is 14.8. The summed E-state index contributed by atoms with van der Waals surface area (Å²) in [5, 5.41) is 1.13. The van der Waals surface area contributed by atoms with Gasteiger partial charge in [0.15, 0.2) is 5.13 Å². The van der Waals surface area contributed by atoms with Crippen molar-refractivity contribution in [1.29, 1.82) is 0 Å². The first-order valence-electron chi connectivity index (χ1n) is 12.2. The molecule has 1 saturated carbocycles. The quantitative estimate of drug-likeness (QED) is 0.274. The minimum atomic E-state index is -3.65. The van der Waals surface area contributed by atoms with E-state index in [1.54, 1.807) is 42.5 Å². The van der Waals surface area contributed by atoms with Crippen LogP contribution in [0.25, 0.3) is 10.2 Å². The van der Waals surface area contributed by atoms with E-state index < -0.39 is 10.0 Å². The van der Waals surface area contributed by atoms with Crippen LogP contribution in [0.2, 0.25) is 5.02 Å². The number of halogens is 1. The lowest BCUT2D eigenvalue weighted by Gasteiger charge is -2.30. The molecule has 1 amide bonds. The molecule has 0 saturated heterocycles. The van der Waals surface area contributed by atoms with E-state index in [1.807, 2.05) is 24.3 Å². The number of benzene rings is 2. The maximum absolute atomic E-state index is 13.7. The molecule has 0 N–H and O–H groups in total. The number of aromatic nitrogens is 2.